The van der Waals surface area contributed by atoms with Gasteiger partial charge in [-0.05, 0) is 0 Å². The molecule has 48 valence electrons. The summed E-state index contributed by atoms with van der Waals surface area (Å²) in [6.45, 7) is 0. The molecule has 2 amide bonds. The van der Waals surface area contributed by atoms with Gasteiger partial charge in [-0.25, -0.2) is 0 Å². The predicted octanol–water partition coefficient (Wildman–Crippen LogP) is -1.93. The normalized spacial score (nSPS) is 12.6. The van der Waals surface area contributed by atoms with Gasteiger partial charge in [0.25, 0.3) is 0 Å². The van der Waals surface area contributed by atoms with Gasteiger partial charge in [-0.2, -0.15) is 0 Å². The molecule has 7 heteroatoms. The molecule has 1 unspecified atom stereocenters. The second-order valence-electron chi connectivity index (χ2n) is 0.754. The van der Waals surface area contributed by atoms with Crippen LogP contribution in [0.2, 0.25) is 0 Å². The van der Waals surface area contributed by atoms with Gasteiger partial charge in [0.1, 0.15) is 0 Å². The van der Waals surface area contributed by atoms with E-state index < -0.39 is 29.6 Å². The molecule has 0 bridgehead atoms. The van der Waals surface area contributed by atoms with Crippen LogP contribution in [-0.2, 0) is 9.50 Å². The van der Waals surface area contributed by atoms with Crippen LogP contribution < -0.4 is 10.1 Å². The third-order valence-corrected chi connectivity index (χ3v) is 2.23. The SMILES string of the molecule is NC(=O)N[Se]S(=O)[O-]. The molecule has 0 aromatic rings. The number of rotatable bonds is 2. The van der Waals surface area contributed by atoms with Crippen molar-refractivity contribution in [3.8, 4) is 0 Å². The van der Waals surface area contributed by atoms with Crippen molar-refractivity contribution < 1.29 is 13.6 Å². The Morgan fingerprint density at radius 1 is 1.88 bits per heavy atom. The van der Waals surface area contributed by atoms with Crippen LogP contribution in [0.3, 0.4) is 0 Å². The van der Waals surface area contributed by atoms with Gasteiger partial charge in [-0.15, -0.1) is 0 Å². The van der Waals surface area contributed by atoms with E-state index in [0.717, 1.165) is 0 Å². The van der Waals surface area contributed by atoms with E-state index in [1.54, 1.807) is 0 Å². The molecule has 3 N–H and O–H groups in total. The van der Waals surface area contributed by atoms with Crippen LogP contribution in [0.15, 0.2) is 0 Å². The molecule has 0 aliphatic heterocycles. The first kappa shape index (κ1) is 7.90. The molecule has 0 aromatic carbocycles. The zero-order valence-corrected chi connectivity index (χ0v) is 6.15. The second kappa shape index (κ2) is 3.85. The fourth-order valence-corrected chi connectivity index (χ4v) is 1.17. The molecular formula is CH3N2O3SSe-. The fourth-order valence-electron chi connectivity index (χ4n) is 0.0751. The van der Waals surface area contributed by atoms with Crippen molar-refractivity contribution in [1.82, 2.24) is 4.33 Å². The number of primary amides is 1. The fraction of sp³-hybridized carbons (Fsp3) is 0. The molecule has 0 aromatic heterocycles. The van der Waals surface area contributed by atoms with Crippen molar-refractivity contribution in [3.05, 3.63) is 0 Å². The summed E-state index contributed by atoms with van der Waals surface area (Å²) in [6.07, 6.45) is 0. The first-order chi connectivity index (χ1) is 3.63. The monoisotopic (exact) mass is 203 g/mol. The van der Waals surface area contributed by atoms with Crippen LogP contribution in [-0.4, -0.2) is 28.8 Å². The van der Waals surface area contributed by atoms with Crippen LogP contribution in [0, 0.1) is 0 Å². The molecule has 0 rings (SSSR count). The third-order valence-electron chi connectivity index (χ3n) is 0.210. The molecule has 0 aliphatic rings. The third kappa shape index (κ3) is 5.90. The van der Waals surface area contributed by atoms with E-state index in [1.165, 1.54) is 0 Å². The van der Waals surface area contributed by atoms with Gasteiger partial charge in [-0.1, -0.05) is 0 Å². The molecule has 0 heterocycles. The summed E-state index contributed by atoms with van der Waals surface area (Å²) >= 11 is -0.911. The molecular weight excluding hydrogens is 199 g/mol. The number of carbonyl (C=O) groups is 1. The summed E-state index contributed by atoms with van der Waals surface area (Å²) in [7, 11) is -2.19. The van der Waals surface area contributed by atoms with Gasteiger partial charge >= 0.3 is 53.2 Å². The van der Waals surface area contributed by atoms with E-state index in [9.17, 15) is 13.6 Å². The number of urea groups is 1. The van der Waals surface area contributed by atoms with E-state index in [-0.39, 0.29) is 0 Å². The minimum atomic E-state index is -2.19. The summed E-state index contributed by atoms with van der Waals surface area (Å²) in [5.74, 6) is 0. The van der Waals surface area contributed by atoms with E-state index in [0.29, 0.717) is 0 Å². The zero-order valence-electron chi connectivity index (χ0n) is 3.62. The molecule has 8 heavy (non-hydrogen) atoms. The molecule has 5 nitrogen and oxygen atoms in total. The number of hydrogen-bond donors (Lipinski definition) is 2. The number of carbonyl (C=O) groups excluding carboxylic acids is 1. The van der Waals surface area contributed by atoms with Crippen molar-refractivity contribution in [2.24, 2.45) is 5.73 Å². The van der Waals surface area contributed by atoms with E-state index >= 15 is 0 Å². The summed E-state index contributed by atoms with van der Waals surface area (Å²) in [6, 6.07) is -0.811. The Kier molecular flexibility index (Phi) is 3.80. The van der Waals surface area contributed by atoms with Crippen LogP contribution in [0.5, 0.6) is 0 Å². The standard InChI is InChI=1S/CH4N2O3SSe/c2-1(4)3-8-7(5)6/h(H,5,6)(H3,2,3,4)/p-1. The Bertz CT molecular complexity index is 102. The van der Waals surface area contributed by atoms with E-state index in [4.69, 9.17) is 0 Å². The van der Waals surface area contributed by atoms with Crippen molar-refractivity contribution in [1.29, 1.82) is 0 Å². The molecule has 1 atom stereocenters. The van der Waals surface area contributed by atoms with Crippen LogP contribution in [0.4, 0.5) is 4.79 Å². The summed E-state index contributed by atoms with van der Waals surface area (Å²) in [5, 5.41) is 0. The minimum absolute atomic E-state index is 0.811. The first-order valence-corrected chi connectivity index (χ1v) is 5.40. The second-order valence-corrected chi connectivity index (χ2v) is 4.52. The summed E-state index contributed by atoms with van der Waals surface area (Å²) in [4.78, 5) is 9.76. The number of amides is 2. The maximum absolute atomic E-state index is 9.76. The van der Waals surface area contributed by atoms with Crippen molar-refractivity contribution in [2.75, 3.05) is 0 Å². The van der Waals surface area contributed by atoms with Crippen molar-refractivity contribution >= 4 is 29.6 Å². The predicted molar refractivity (Wildman–Crippen MR) is 27.4 cm³/mol. The van der Waals surface area contributed by atoms with Crippen LogP contribution >= 0.6 is 0 Å². The average Bonchev–Trinajstić information content (AvgIpc) is 1.61. The molecule has 0 aliphatic carbocycles. The van der Waals surface area contributed by atoms with Gasteiger partial charge < -0.3 is 0 Å². The Balaban J connectivity index is 3.18. The van der Waals surface area contributed by atoms with Crippen LogP contribution in [0.25, 0.3) is 0 Å². The maximum atomic E-state index is 9.76. The van der Waals surface area contributed by atoms with Gasteiger partial charge in [-0.3, -0.25) is 0 Å². The topological polar surface area (TPSA) is 95.2 Å². The quantitative estimate of drug-likeness (QED) is 0.403. The molecule has 0 saturated heterocycles. The average molecular weight is 202 g/mol. The zero-order chi connectivity index (χ0) is 6.57. The van der Waals surface area contributed by atoms with Crippen molar-refractivity contribution in [2.45, 2.75) is 0 Å². The van der Waals surface area contributed by atoms with Gasteiger partial charge in [0.05, 0.1) is 0 Å². The number of hydrogen-bond acceptors (Lipinski definition) is 3. The molecule has 0 saturated carbocycles. The van der Waals surface area contributed by atoms with Gasteiger partial charge in [0.2, 0.25) is 0 Å². The Labute approximate surface area is 53.7 Å². The Morgan fingerprint density at radius 2 is 2.38 bits per heavy atom. The van der Waals surface area contributed by atoms with E-state index in [1.807, 2.05) is 4.33 Å². The first-order valence-electron chi connectivity index (χ1n) is 1.45. The number of nitrogens with one attached hydrogen (secondary N) is 1. The van der Waals surface area contributed by atoms with Gasteiger partial charge in [0.15, 0.2) is 0 Å². The molecule has 0 spiro atoms. The van der Waals surface area contributed by atoms with E-state index in [2.05, 4.69) is 5.73 Å². The Morgan fingerprint density at radius 3 is 2.50 bits per heavy atom. The van der Waals surface area contributed by atoms with Crippen molar-refractivity contribution in [3.63, 3.8) is 0 Å². The summed E-state index contributed by atoms with van der Waals surface area (Å²) < 4.78 is 21.3. The van der Waals surface area contributed by atoms with Gasteiger partial charge in [0, 0.05) is 0 Å². The molecule has 0 fully saturated rings. The summed E-state index contributed by atoms with van der Waals surface area (Å²) in [5.41, 5.74) is 4.53. The van der Waals surface area contributed by atoms with Crippen LogP contribution in [0.1, 0.15) is 0 Å². The Hall–Kier alpha value is -0.101. The number of nitrogens with two attached hydrogens (primary N) is 1. The molecule has 0 radical (unpaired) electrons.